The zero-order valence-corrected chi connectivity index (χ0v) is 10.5. The second-order valence-corrected chi connectivity index (χ2v) is 4.54. The molecule has 0 aliphatic rings. The van der Waals surface area contributed by atoms with Gasteiger partial charge in [-0.05, 0) is 20.8 Å². The van der Waals surface area contributed by atoms with Crippen molar-refractivity contribution in [1.29, 1.82) is 0 Å². The van der Waals surface area contributed by atoms with Crippen LogP contribution in [0.2, 0.25) is 0 Å². The summed E-state index contributed by atoms with van der Waals surface area (Å²) < 4.78 is 0. The maximum atomic E-state index is 10.5. The normalized spacial score (nSPS) is 13.8. The molecule has 16 heavy (non-hydrogen) atoms. The highest BCUT2D eigenvalue weighted by molar-refractivity contribution is 7.09. The maximum absolute atomic E-state index is 10.5. The van der Waals surface area contributed by atoms with Crippen LogP contribution in [0.3, 0.4) is 0 Å². The number of rotatable bonds is 5. The molecule has 0 aliphatic heterocycles. The van der Waals surface area contributed by atoms with Crippen LogP contribution in [0.25, 0.3) is 0 Å². The number of aromatic nitrogens is 1. The zero-order chi connectivity index (χ0) is 12.1. The molecular weight excluding hydrogens is 224 g/mol. The molecule has 1 atom stereocenters. The van der Waals surface area contributed by atoms with Crippen molar-refractivity contribution in [3.63, 3.8) is 0 Å². The third-order valence-electron chi connectivity index (χ3n) is 2.18. The molecule has 88 valence electrons. The van der Waals surface area contributed by atoms with Gasteiger partial charge in [-0.1, -0.05) is 6.08 Å². The van der Waals surface area contributed by atoms with Crippen LogP contribution in [-0.2, 0) is 4.79 Å². The summed E-state index contributed by atoms with van der Waals surface area (Å²) in [6, 6.07) is 0.150. The van der Waals surface area contributed by atoms with E-state index in [0.717, 1.165) is 10.7 Å². The van der Waals surface area contributed by atoms with E-state index in [4.69, 9.17) is 5.11 Å². The molecule has 0 fully saturated rings. The van der Waals surface area contributed by atoms with Crippen molar-refractivity contribution in [3.05, 3.63) is 27.7 Å². The Morgan fingerprint density at radius 1 is 1.75 bits per heavy atom. The van der Waals surface area contributed by atoms with Crippen molar-refractivity contribution in [2.24, 2.45) is 0 Å². The first-order valence-corrected chi connectivity index (χ1v) is 5.94. The standard InChI is InChI=1S/C11H16N2O2S/c1-7(11(14)15)4-5-12-9(3)10-13-8(2)6-16-10/h4,6,9,12H,5H2,1-3H3,(H,14,15)/b7-4-. The average Bonchev–Trinajstić information content (AvgIpc) is 2.64. The third kappa shape index (κ3) is 3.75. The molecule has 1 aromatic rings. The summed E-state index contributed by atoms with van der Waals surface area (Å²) >= 11 is 1.61. The van der Waals surface area contributed by atoms with Crippen LogP contribution in [0, 0.1) is 6.92 Å². The quantitative estimate of drug-likeness (QED) is 0.774. The van der Waals surface area contributed by atoms with Crippen molar-refractivity contribution in [2.45, 2.75) is 26.8 Å². The number of nitrogens with zero attached hydrogens (tertiary/aromatic N) is 1. The number of aliphatic carboxylic acids is 1. The van der Waals surface area contributed by atoms with Crippen molar-refractivity contribution in [1.82, 2.24) is 10.3 Å². The fraction of sp³-hybridized carbons (Fsp3) is 0.455. The lowest BCUT2D eigenvalue weighted by atomic mass is 10.3. The predicted molar refractivity (Wildman–Crippen MR) is 64.7 cm³/mol. The number of thiazole rings is 1. The summed E-state index contributed by atoms with van der Waals surface area (Å²) in [5, 5.41) is 14.9. The van der Waals surface area contributed by atoms with Gasteiger partial charge in [-0.3, -0.25) is 0 Å². The molecule has 5 heteroatoms. The van der Waals surface area contributed by atoms with Gasteiger partial charge in [0.25, 0.3) is 0 Å². The van der Waals surface area contributed by atoms with Crippen LogP contribution in [-0.4, -0.2) is 22.6 Å². The number of carbonyl (C=O) groups is 1. The first kappa shape index (κ1) is 12.9. The highest BCUT2D eigenvalue weighted by Crippen LogP contribution is 2.16. The van der Waals surface area contributed by atoms with E-state index in [2.05, 4.69) is 10.3 Å². The van der Waals surface area contributed by atoms with Gasteiger partial charge < -0.3 is 10.4 Å². The smallest absolute Gasteiger partial charge is 0.330 e. The van der Waals surface area contributed by atoms with Gasteiger partial charge in [0.05, 0.1) is 6.04 Å². The van der Waals surface area contributed by atoms with Gasteiger partial charge in [-0.25, -0.2) is 9.78 Å². The third-order valence-corrected chi connectivity index (χ3v) is 3.32. The van der Waals surface area contributed by atoms with E-state index in [-0.39, 0.29) is 6.04 Å². The van der Waals surface area contributed by atoms with Crippen LogP contribution in [0.4, 0.5) is 0 Å². The Labute approximate surface area is 99.0 Å². The summed E-state index contributed by atoms with van der Waals surface area (Å²) in [6.45, 7) is 6.10. The van der Waals surface area contributed by atoms with E-state index in [1.807, 2.05) is 19.2 Å². The maximum Gasteiger partial charge on any atom is 0.330 e. The number of carboxylic acids is 1. The molecule has 1 rings (SSSR count). The Morgan fingerprint density at radius 2 is 2.44 bits per heavy atom. The average molecular weight is 240 g/mol. The van der Waals surface area contributed by atoms with Crippen LogP contribution in [0.1, 0.15) is 30.6 Å². The minimum absolute atomic E-state index is 0.150. The fourth-order valence-corrected chi connectivity index (χ4v) is 1.96. The van der Waals surface area contributed by atoms with Gasteiger partial charge in [-0.15, -0.1) is 11.3 Å². The van der Waals surface area contributed by atoms with Crippen LogP contribution in [0.5, 0.6) is 0 Å². The summed E-state index contributed by atoms with van der Waals surface area (Å²) in [5.74, 6) is -0.875. The van der Waals surface area contributed by atoms with Crippen LogP contribution >= 0.6 is 11.3 Å². The topological polar surface area (TPSA) is 62.2 Å². The van der Waals surface area contributed by atoms with Crippen molar-refractivity contribution in [2.75, 3.05) is 6.54 Å². The summed E-state index contributed by atoms with van der Waals surface area (Å²) in [6.07, 6.45) is 1.67. The molecule has 0 saturated carbocycles. The van der Waals surface area contributed by atoms with Crippen LogP contribution in [0.15, 0.2) is 17.0 Å². The van der Waals surface area contributed by atoms with Crippen molar-refractivity contribution in [3.8, 4) is 0 Å². The second-order valence-electron chi connectivity index (χ2n) is 3.65. The molecule has 1 unspecified atom stereocenters. The lowest BCUT2D eigenvalue weighted by Gasteiger charge is -2.08. The molecule has 0 bridgehead atoms. The highest BCUT2D eigenvalue weighted by atomic mass is 32.1. The molecule has 0 amide bonds. The Balaban J connectivity index is 2.44. The number of aryl methyl sites for hydroxylation is 1. The van der Waals surface area contributed by atoms with Gasteiger partial charge in [0, 0.05) is 23.2 Å². The van der Waals surface area contributed by atoms with E-state index >= 15 is 0 Å². The number of hydrogen-bond acceptors (Lipinski definition) is 4. The fourth-order valence-electron chi connectivity index (χ4n) is 1.13. The molecular formula is C11H16N2O2S. The van der Waals surface area contributed by atoms with E-state index < -0.39 is 5.97 Å². The van der Waals surface area contributed by atoms with Gasteiger partial charge in [0.1, 0.15) is 5.01 Å². The molecule has 1 aromatic heterocycles. The monoisotopic (exact) mass is 240 g/mol. The van der Waals surface area contributed by atoms with Gasteiger partial charge >= 0.3 is 5.97 Å². The lowest BCUT2D eigenvalue weighted by Crippen LogP contribution is -2.19. The lowest BCUT2D eigenvalue weighted by molar-refractivity contribution is -0.132. The number of carboxylic acid groups (broad SMARTS) is 1. The van der Waals surface area contributed by atoms with Gasteiger partial charge in [-0.2, -0.15) is 0 Å². The molecule has 4 nitrogen and oxygen atoms in total. The minimum Gasteiger partial charge on any atom is -0.478 e. The zero-order valence-electron chi connectivity index (χ0n) is 9.65. The SMILES string of the molecule is C/C(=C/CNC(C)c1nc(C)cs1)C(=O)O. The Bertz CT molecular complexity index is 398. The summed E-state index contributed by atoms with van der Waals surface area (Å²) in [5.41, 5.74) is 1.38. The second kappa shape index (κ2) is 5.77. The largest absolute Gasteiger partial charge is 0.478 e. The first-order valence-electron chi connectivity index (χ1n) is 5.06. The number of nitrogens with one attached hydrogen (secondary N) is 1. The van der Waals surface area contributed by atoms with Gasteiger partial charge in [0.2, 0.25) is 0 Å². The molecule has 2 N–H and O–H groups in total. The Hall–Kier alpha value is -1.20. The number of hydrogen-bond donors (Lipinski definition) is 2. The van der Waals surface area contributed by atoms with Crippen LogP contribution < -0.4 is 5.32 Å². The molecule has 0 aromatic carbocycles. The molecule has 0 radical (unpaired) electrons. The minimum atomic E-state index is -0.875. The van der Waals surface area contributed by atoms with E-state index in [0.29, 0.717) is 12.1 Å². The molecule has 0 saturated heterocycles. The first-order chi connectivity index (χ1) is 7.50. The highest BCUT2D eigenvalue weighted by Gasteiger charge is 2.07. The van der Waals surface area contributed by atoms with E-state index in [9.17, 15) is 4.79 Å². The summed E-state index contributed by atoms with van der Waals surface area (Å²) in [7, 11) is 0. The predicted octanol–water partition coefficient (Wildman–Crippen LogP) is 2.13. The molecule has 0 spiro atoms. The van der Waals surface area contributed by atoms with E-state index in [1.165, 1.54) is 0 Å². The van der Waals surface area contributed by atoms with Crippen molar-refractivity contribution >= 4 is 17.3 Å². The Kier molecular flexibility index (Phi) is 4.64. The van der Waals surface area contributed by atoms with Gasteiger partial charge in [0.15, 0.2) is 0 Å². The molecule has 1 heterocycles. The van der Waals surface area contributed by atoms with Crippen molar-refractivity contribution < 1.29 is 9.90 Å². The summed E-state index contributed by atoms with van der Waals surface area (Å²) in [4.78, 5) is 14.9. The molecule has 0 aliphatic carbocycles. The Morgan fingerprint density at radius 3 is 2.94 bits per heavy atom. The van der Waals surface area contributed by atoms with E-state index in [1.54, 1.807) is 24.3 Å².